The van der Waals surface area contributed by atoms with Crippen molar-refractivity contribution in [3.8, 4) is 0 Å². The van der Waals surface area contributed by atoms with Crippen LogP contribution in [0.1, 0.15) is 10.5 Å². The minimum absolute atomic E-state index is 0.194. The number of carbonyl (C=O) groups is 1. The van der Waals surface area contributed by atoms with Crippen LogP contribution >= 0.6 is 27.5 Å². The van der Waals surface area contributed by atoms with Crippen LogP contribution in [0, 0.1) is 0 Å². The highest BCUT2D eigenvalue weighted by Crippen LogP contribution is 2.33. The van der Waals surface area contributed by atoms with Gasteiger partial charge in [0.2, 0.25) is 0 Å². The molecule has 2 rings (SSSR count). The molecule has 2 N–H and O–H groups in total. The number of nitrogens with zero attached hydrogens (tertiary/aromatic N) is 1. The Labute approximate surface area is 111 Å². The molecule has 0 bridgehead atoms. The van der Waals surface area contributed by atoms with E-state index in [4.69, 9.17) is 17.3 Å². The average molecular weight is 316 g/mol. The van der Waals surface area contributed by atoms with Crippen LogP contribution in [0.15, 0.2) is 22.8 Å². The lowest BCUT2D eigenvalue weighted by molar-refractivity contribution is 0.0596. The first-order valence-corrected chi connectivity index (χ1v) is 5.83. The van der Waals surface area contributed by atoms with Crippen molar-refractivity contribution in [2.75, 3.05) is 12.8 Å². The van der Waals surface area contributed by atoms with E-state index in [2.05, 4.69) is 25.7 Å². The van der Waals surface area contributed by atoms with Crippen molar-refractivity contribution in [1.82, 2.24) is 4.98 Å². The van der Waals surface area contributed by atoms with Crippen molar-refractivity contribution >= 4 is 50.0 Å². The number of anilines is 1. The van der Waals surface area contributed by atoms with Gasteiger partial charge in [-0.3, -0.25) is 0 Å². The van der Waals surface area contributed by atoms with E-state index in [0.29, 0.717) is 26.0 Å². The number of hydrogen-bond donors (Lipinski definition) is 1. The number of halogens is 2. The number of nitrogen functional groups attached to an aromatic ring is 1. The van der Waals surface area contributed by atoms with Crippen molar-refractivity contribution in [3.05, 3.63) is 33.5 Å². The smallest absolute Gasteiger partial charge is 0.357 e. The van der Waals surface area contributed by atoms with Gasteiger partial charge in [-0.1, -0.05) is 11.6 Å². The second kappa shape index (κ2) is 4.50. The largest absolute Gasteiger partial charge is 0.464 e. The van der Waals surface area contributed by atoms with Crippen molar-refractivity contribution in [1.29, 1.82) is 0 Å². The van der Waals surface area contributed by atoms with Gasteiger partial charge in [0.1, 0.15) is 0 Å². The minimum atomic E-state index is -0.524. The third-order valence-electron chi connectivity index (χ3n) is 2.31. The zero-order chi connectivity index (χ0) is 12.6. The predicted octanol–water partition coefficient (Wildman–Crippen LogP) is 3.02. The number of nitrogens with two attached hydrogens (primary N) is 1. The summed E-state index contributed by atoms with van der Waals surface area (Å²) >= 11 is 9.26. The number of pyridine rings is 1. The van der Waals surface area contributed by atoms with Crippen LogP contribution in [0.5, 0.6) is 0 Å². The third kappa shape index (κ3) is 2.08. The SMILES string of the molecule is COC(=O)c1ncc(Br)c2c(N)cc(Cl)cc12. The lowest BCUT2D eigenvalue weighted by Crippen LogP contribution is -2.06. The van der Waals surface area contributed by atoms with Gasteiger partial charge in [0.25, 0.3) is 0 Å². The molecular formula is C11H8BrClN2O2. The molecule has 88 valence electrons. The van der Waals surface area contributed by atoms with Gasteiger partial charge in [-0.25, -0.2) is 9.78 Å². The second-order valence-corrected chi connectivity index (χ2v) is 4.65. The molecule has 0 aliphatic heterocycles. The number of methoxy groups -OCH3 is 1. The van der Waals surface area contributed by atoms with Gasteiger partial charge >= 0.3 is 5.97 Å². The Bertz CT molecular complexity index is 616. The summed E-state index contributed by atoms with van der Waals surface area (Å²) in [7, 11) is 1.30. The summed E-state index contributed by atoms with van der Waals surface area (Å²) in [6, 6.07) is 3.26. The fourth-order valence-electron chi connectivity index (χ4n) is 1.60. The van der Waals surface area contributed by atoms with Gasteiger partial charge in [-0.2, -0.15) is 0 Å². The molecule has 0 unspecified atom stereocenters. The molecule has 0 saturated heterocycles. The molecule has 0 amide bonds. The highest BCUT2D eigenvalue weighted by molar-refractivity contribution is 9.10. The Morgan fingerprint density at radius 2 is 2.24 bits per heavy atom. The van der Waals surface area contributed by atoms with Gasteiger partial charge in [0.15, 0.2) is 5.69 Å². The Morgan fingerprint density at radius 3 is 2.88 bits per heavy atom. The summed E-state index contributed by atoms with van der Waals surface area (Å²) in [5.74, 6) is -0.524. The Kier molecular flexibility index (Phi) is 3.22. The van der Waals surface area contributed by atoms with E-state index in [1.54, 1.807) is 12.1 Å². The molecule has 17 heavy (non-hydrogen) atoms. The van der Waals surface area contributed by atoms with Gasteiger partial charge < -0.3 is 10.5 Å². The van der Waals surface area contributed by atoms with Gasteiger partial charge in [0.05, 0.1) is 7.11 Å². The Hall–Kier alpha value is -1.33. The van der Waals surface area contributed by atoms with Crippen LogP contribution in [-0.4, -0.2) is 18.1 Å². The van der Waals surface area contributed by atoms with E-state index < -0.39 is 5.97 Å². The van der Waals surface area contributed by atoms with Crippen LogP contribution in [0.2, 0.25) is 5.02 Å². The normalized spacial score (nSPS) is 10.5. The third-order valence-corrected chi connectivity index (χ3v) is 3.13. The fourth-order valence-corrected chi connectivity index (χ4v) is 2.37. The lowest BCUT2D eigenvalue weighted by atomic mass is 10.1. The maximum atomic E-state index is 11.6. The van der Waals surface area contributed by atoms with Gasteiger partial charge in [-0.15, -0.1) is 0 Å². The second-order valence-electron chi connectivity index (χ2n) is 3.36. The molecule has 0 spiro atoms. The molecule has 0 aliphatic rings. The highest BCUT2D eigenvalue weighted by atomic mass is 79.9. The summed E-state index contributed by atoms with van der Waals surface area (Å²) in [5, 5.41) is 1.71. The number of esters is 1. The van der Waals surface area contributed by atoms with Crippen LogP contribution in [0.3, 0.4) is 0 Å². The monoisotopic (exact) mass is 314 g/mol. The number of ether oxygens (including phenoxy) is 1. The quantitative estimate of drug-likeness (QED) is 0.649. The number of hydrogen-bond acceptors (Lipinski definition) is 4. The van der Waals surface area contributed by atoms with E-state index in [-0.39, 0.29) is 5.69 Å². The summed E-state index contributed by atoms with van der Waals surface area (Å²) in [4.78, 5) is 15.6. The summed E-state index contributed by atoms with van der Waals surface area (Å²) in [6.45, 7) is 0. The summed E-state index contributed by atoms with van der Waals surface area (Å²) in [5.41, 5.74) is 6.55. The molecule has 0 radical (unpaired) electrons. The van der Waals surface area contributed by atoms with Crippen LogP contribution < -0.4 is 5.73 Å². The molecule has 0 saturated carbocycles. The van der Waals surface area contributed by atoms with Crippen molar-refractivity contribution in [2.45, 2.75) is 0 Å². The zero-order valence-electron chi connectivity index (χ0n) is 8.83. The first-order chi connectivity index (χ1) is 8.04. The molecule has 6 heteroatoms. The van der Waals surface area contributed by atoms with Crippen LogP contribution in [-0.2, 0) is 4.74 Å². The lowest BCUT2D eigenvalue weighted by Gasteiger charge is -2.08. The Balaban J connectivity index is 2.89. The van der Waals surface area contributed by atoms with Crippen molar-refractivity contribution in [3.63, 3.8) is 0 Å². The van der Waals surface area contributed by atoms with E-state index >= 15 is 0 Å². The number of fused-ring (bicyclic) bond motifs is 1. The molecule has 0 fully saturated rings. The first-order valence-electron chi connectivity index (χ1n) is 4.66. The molecular weight excluding hydrogens is 307 g/mol. The van der Waals surface area contributed by atoms with E-state index in [9.17, 15) is 4.79 Å². The highest BCUT2D eigenvalue weighted by Gasteiger charge is 2.16. The molecule has 1 aromatic carbocycles. The molecule has 1 heterocycles. The summed E-state index contributed by atoms with van der Waals surface area (Å²) < 4.78 is 5.37. The van der Waals surface area contributed by atoms with Crippen molar-refractivity contribution in [2.24, 2.45) is 0 Å². The van der Waals surface area contributed by atoms with E-state index in [1.165, 1.54) is 13.3 Å². The maximum absolute atomic E-state index is 11.6. The Morgan fingerprint density at radius 1 is 1.53 bits per heavy atom. The topological polar surface area (TPSA) is 65.2 Å². The van der Waals surface area contributed by atoms with E-state index in [1.807, 2.05) is 0 Å². The maximum Gasteiger partial charge on any atom is 0.357 e. The molecule has 0 aliphatic carbocycles. The number of rotatable bonds is 1. The average Bonchev–Trinajstić information content (AvgIpc) is 2.27. The predicted molar refractivity (Wildman–Crippen MR) is 70.2 cm³/mol. The molecule has 1 aromatic heterocycles. The number of aromatic nitrogens is 1. The molecule has 4 nitrogen and oxygen atoms in total. The van der Waals surface area contributed by atoms with E-state index in [0.717, 1.165) is 0 Å². The van der Waals surface area contributed by atoms with Crippen LogP contribution in [0.4, 0.5) is 5.69 Å². The summed E-state index contributed by atoms with van der Waals surface area (Å²) in [6.07, 6.45) is 1.51. The van der Waals surface area contributed by atoms with Gasteiger partial charge in [0, 0.05) is 32.2 Å². The first kappa shape index (κ1) is 12.1. The number of benzene rings is 1. The number of carbonyl (C=O) groups excluding carboxylic acids is 1. The minimum Gasteiger partial charge on any atom is -0.464 e. The molecule has 2 aromatic rings. The zero-order valence-corrected chi connectivity index (χ0v) is 11.2. The fraction of sp³-hybridized carbons (Fsp3) is 0.0909. The van der Waals surface area contributed by atoms with Crippen LogP contribution in [0.25, 0.3) is 10.8 Å². The van der Waals surface area contributed by atoms with Gasteiger partial charge in [-0.05, 0) is 28.1 Å². The molecule has 0 atom stereocenters. The van der Waals surface area contributed by atoms with Crippen molar-refractivity contribution < 1.29 is 9.53 Å². The standard InChI is InChI=1S/C11H8BrClN2O2/c1-17-11(16)10-6-2-5(13)3-8(14)9(6)7(12)4-15-10/h2-4H,14H2,1H3.